The maximum atomic E-state index is 12.8. The van der Waals surface area contributed by atoms with Crippen molar-refractivity contribution in [2.75, 3.05) is 22.5 Å². The zero-order chi connectivity index (χ0) is 22.4. The van der Waals surface area contributed by atoms with Gasteiger partial charge in [0.25, 0.3) is 15.7 Å². The lowest BCUT2D eigenvalue weighted by atomic mass is 10.3. The number of carbonyl (C=O) groups is 1. The van der Waals surface area contributed by atoms with E-state index in [1.807, 2.05) is 0 Å². The van der Waals surface area contributed by atoms with Crippen LogP contribution in [-0.4, -0.2) is 26.5 Å². The molecule has 3 rings (SSSR count). The van der Waals surface area contributed by atoms with Crippen molar-refractivity contribution in [2.45, 2.75) is 4.90 Å². The minimum absolute atomic E-state index is 0.0583. The molecule has 2 amide bonds. The van der Waals surface area contributed by atoms with Crippen molar-refractivity contribution in [1.29, 1.82) is 0 Å². The average Bonchev–Trinajstić information content (AvgIpc) is 2.74. The summed E-state index contributed by atoms with van der Waals surface area (Å²) in [5.41, 5.74) is 0.570. The summed E-state index contributed by atoms with van der Waals surface area (Å²) < 4.78 is 33.2. The number of ether oxygens (including phenoxy) is 1. The third kappa shape index (κ3) is 5.48. The Balaban J connectivity index is 1.75. The van der Waals surface area contributed by atoms with E-state index < -0.39 is 21.0 Å². The van der Waals surface area contributed by atoms with Crippen LogP contribution < -0.4 is 20.1 Å². The zero-order valence-corrected chi connectivity index (χ0v) is 17.0. The Morgan fingerprint density at radius 3 is 2.13 bits per heavy atom. The molecule has 0 atom stereocenters. The number of rotatable bonds is 7. The molecule has 0 heterocycles. The SMILES string of the molecule is COc1ccc(NS(=O)(=O)c2ccccc2NC(=O)Nc2ccc([N+](=O)[O-])cc2)cc1. The second-order valence-electron chi connectivity index (χ2n) is 6.21. The summed E-state index contributed by atoms with van der Waals surface area (Å²) in [6, 6.07) is 16.7. The number of nitrogens with one attached hydrogen (secondary N) is 3. The molecule has 3 aromatic rings. The molecule has 0 saturated heterocycles. The number of amides is 2. The van der Waals surface area contributed by atoms with Gasteiger partial charge >= 0.3 is 6.03 Å². The fraction of sp³-hybridized carbons (Fsp3) is 0.0500. The second-order valence-corrected chi connectivity index (χ2v) is 7.86. The van der Waals surface area contributed by atoms with Crippen LogP contribution in [0.5, 0.6) is 5.75 Å². The van der Waals surface area contributed by atoms with Gasteiger partial charge in [0.2, 0.25) is 0 Å². The van der Waals surface area contributed by atoms with Crippen LogP contribution >= 0.6 is 0 Å². The molecule has 0 aromatic heterocycles. The number of nitrogens with zero attached hydrogens (tertiary/aromatic N) is 1. The van der Waals surface area contributed by atoms with Crippen LogP contribution in [0.1, 0.15) is 0 Å². The Morgan fingerprint density at radius 2 is 1.52 bits per heavy atom. The van der Waals surface area contributed by atoms with Gasteiger partial charge in [0.05, 0.1) is 17.7 Å². The number of nitro benzene ring substituents is 1. The lowest BCUT2D eigenvalue weighted by Crippen LogP contribution is -2.22. The molecule has 0 aliphatic rings. The number of sulfonamides is 1. The van der Waals surface area contributed by atoms with Crippen molar-refractivity contribution in [3.05, 3.63) is 82.9 Å². The number of anilines is 3. The third-order valence-corrected chi connectivity index (χ3v) is 5.54. The highest BCUT2D eigenvalue weighted by atomic mass is 32.2. The first-order valence-electron chi connectivity index (χ1n) is 8.87. The van der Waals surface area contributed by atoms with Crippen molar-refractivity contribution in [1.82, 2.24) is 0 Å². The number of para-hydroxylation sites is 1. The first-order valence-corrected chi connectivity index (χ1v) is 10.4. The fourth-order valence-electron chi connectivity index (χ4n) is 2.62. The van der Waals surface area contributed by atoms with E-state index in [1.54, 1.807) is 30.3 Å². The fourth-order valence-corrected chi connectivity index (χ4v) is 3.85. The molecule has 0 aliphatic heterocycles. The monoisotopic (exact) mass is 442 g/mol. The van der Waals surface area contributed by atoms with Gasteiger partial charge in [-0.2, -0.15) is 0 Å². The van der Waals surface area contributed by atoms with Gasteiger partial charge in [0.15, 0.2) is 0 Å². The van der Waals surface area contributed by atoms with E-state index in [9.17, 15) is 23.3 Å². The Morgan fingerprint density at radius 1 is 0.903 bits per heavy atom. The van der Waals surface area contributed by atoms with Gasteiger partial charge in [-0.05, 0) is 48.5 Å². The molecule has 0 spiro atoms. The minimum Gasteiger partial charge on any atom is -0.497 e. The molecule has 0 saturated carbocycles. The van der Waals surface area contributed by atoms with Crippen molar-refractivity contribution in [3.8, 4) is 5.75 Å². The van der Waals surface area contributed by atoms with Crippen molar-refractivity contribution in [3.63, 3.8) is 0 Å². The smallest absolute Gasteiger partial charge is 0.323 e. The maximum absolute atomic E-state index is 12.8. The van der Waals surface area contributed by atoms with Crippen LogP contribution in [0.2, 0.25) is 0 Å². The van der Waals surface area contributed by atoms with E-state index >= 15 is 0 Å². The van der Waals surface area contributed by atoms with E-state index in [1.165, 1.54) is 49.6 Å². The van der Waals surface area contributed by atoms with Crippen LogP contribution in [-0.2, 0) is 10.0 Å². The molecule has 0 fully saturated rings. The first-order chi connectivity index (χ1) is 14.8. The number of benzene rings is 3. The zero-order valence-electron chi connectivity index (χ0n) is 16.2. The number of carbonyl (C=O) groups excluding carboxylic acids is 1. The van der Waals surface area contributed by atoms with Gasteiger partial charge in [0, 0.05) is 23.5 Å². The average molecular weight is 442 g/mol. The molecule has 3 aromatic carbocycles. The first kappa shape index (κ1) is 21.6. The minimum atomic E-state index is -4.01. The summed E-state index contributed by atoms with van der Waals surface area (Å²) >= 11 is 0. The molecule has 0 unspecified atom stereocenters. The number of non-ortho nitro benzene ring substituents is 1. The number of hydrogen-bond acceptors (Lipinski definition) is 6. The maximum Gasteiger partial charge on any atom is 0.323 e. The number of hydrogen-bond donors (Lipinski definition) is 3. The van der Waals surface area contributed by atoms with Crippen LogP contribution in [0.4, 0.5) is 27.5 Å². The number of nitro groups is 1. The van der Waals surface area contributed by atoms with Crippen LogP contribution in [0, 0.1) is 10.1 Å². The highest BCUT2D eigenvalue weighted by molar-refractivity contribution is 7.92. The molecule has 3 N–H and O–H groups in total. The predicted molar refractivity (Wildman–Crippen MR) is 116 cm³/mol. The second kappa shape index (κ2) is 9.13. The highest BCUT2D eigenvalue weighted by Gasteiger charge is 2.20. The van der Waals surface area contributed by atoms with Gasteiger partial charge in [-0.15, -0.1) is 0 Å². The van der Waals surface area contributed by atoms with Crippen LogP contribution in [0.3, 0.4) is 0 Å². The predicted octanol–water partition coefficient (Wildman–Crippen LogP) is 4.05. The lowest BCUT2D eigenvalue weighted by molar-refractivity contribution is -0.384. The molecule has 0 aliphatic carbocycles. The number of urea groups is 1. The van der Waals surface area contributed by atoms with Gasteiger partial charge in [-0.25, -0.2) is 13.2 Å². The van der Waals surface area contributed by atoms with Crippen molar-refractivity contribution < 1.29 is 22.9 Å². The summed E-state index contributed by atoms with van der Waals surface area (Å²) in [6.07, 6.45) is 0. The normalized spacial score (nSPS) is 10.7. The Hall–Kier alpha value is -4.12. The Kier molecular flexibility index (Phi) is 6.36. The molecule has 11 heteroatoms. The largest absolute Gasteiger partial charge is 0.497 e. The van der Waals surface area contributed by atoms with E-state index in [2.05, 4.69) is 15.4 Å². The topological polar surface area (TPSA) is 140 Å². The van der Waals surface area contributed by atoms with Gasteiger partial charge in [0.1, 0.15) is 10.6 Å². The summed E-state index contributed by atoms with van der Waals surface area (Å²) in [5.74, 6) is 0.577. The molecule has 31 heavy (non-hydrogen) atoms. The van der Waals surface area contributed by atoms with Crippen molar-refractivity contribution >= 4 is 38.8 Å². The molecule has 0 bridgehead atoms. The van der Waals surface area contributed by atoms with Gasteiger partial charge in [-0.3, -0.25) is 14.8 Å². The number of methoxy groups -OCH3 is 1. The lowest BCUT2D eigenvalue weighted by Gasteiger charge is -2.14. The van der Waals surface area contributed by atoms with E-state index in [4.69, 9.17) is 4.74 Å². The van der Waals surface area contributed by atoms with Gasteiger partial charge in [-0.1, -0.05) is 12.1 Å². The molecule has 0 radical (unpaired) electrons. The Bertz CT molecular complexity index is 1200. The summed E-state index contributed by atoms with van der Waals surface area (Å²) in [4.78, 5) is 22.3. The van der Waals surface area contributed by atoms with Crippen LogP contribution in [0.25, 0.3) is 0 Å². The summed E-state index contributed by atoms with van der Waals surface area (Å²) in [6.45, 7) is 0. The Labute approximate surface area is 178 Å². The summed E-state index contributed by atoms with van der Waals surface area (Å²) in [7, 11) is -2.50. The van der Waals surface area contributed by atoms with Crippen molar-refractivity contribution in [2.24, 2.45) is 0 Å². The van der Waals surface area contributed by atoms with E-state index in [0.29, 0.717) is 17.1 Å². The highest BCUT2D eigenvalue weighted by Crippen LogP contribution is 2.25. The summed E-state index contributed by atoms with van der Waals surface area (Å²) in [5, 5.41) is 15.7. The van der Waals surface area contributed by atoms with Gasteiger partial charge < -0.3 is 15.4 Å². The molecule has 160 valence electrons. The molecular formula is C20H18N4O6S. The molecular weight excluding hydrogens is 424 g/mol. The molecule has 10 nitrogen and oxygen atoms in total. The third-order valence-electron chi connectivity index (χ3n) is 4.10. The van der Waals surface area contributed by atoms with E-state index in [-0.39, 0.29) is 16.3 Å². The van der Waals surface area contributed by atoms with Crippen LogP contribution in [0.15, 0.2) is 77.7 Å². The van der Waals surface area contributed by atoms with E-state index in [0.717, 1.165) is 0 Å². The standard InChI is InChI=1S/C20H18N4O6S/c1-30-17-12-8-15(9-13-17)23-31(28,29)19-5-3-2-4-18(19)22-20(25)21-14-6-10-16(11-7-14)24(26)27/h2-13,23H,1H3,(H2,21,22,25). The quantitative estimate of drug-likeness (QED) is 0.373.